The minimum absolute atomic E-state index is 0.272. The van der Waals surface area contributed by atoms with Crippen molar-refractivity contribution in [3.8, 4) is 17.1 Å². The van der Waals surface area contributed by atoms with Gasteiger partial charge in [-0.1, -0.05) is 24.3 Å². The summed E-state index contributed by atoms with van der Waals surface area (Å²) in [5.41, 5.74) is 2.49. The standard InChI is InChI=1S/C15H12N4O2/c1-10-9-11(7-8-13(10)15(20)21)14-16-18-19(17-14)12-5-3-2-4-6-12/h2-9H,1H3,(H,20,21). The molecule has 1 N–H and O–H groups in total. The van der Waals surface area contributed by atoms with Crippen molar-refractivity contribution >= 4 is 5.97 Å². The SMILES string of the molecule is Cc1cc(-c2nnn(-c3ccccc3)n2)ccc1C(=O)O. The van der Waals surface area contributed by atoms with Gasteiger partial charge in [0.25, 0.3) is 0 Å². The van der Waals surface area contributed by atoms with E-state index in [1.807, 2.05) is 30.3 Å². The number of tetrazole rings is 1. The molecule has 104 valence electrons. The van der Waals surface area contributed by atoms with Crippen molar-refractivity contribution in [2.75, 3.05) is 0 Å². The maximum absolute atomic E-state index is 11.0. The molecule has 0 aliphatic carbocycles. The molecule has 3 rings (SSSR count). The Morgan fingerprint density at radius 1 is 1.14 bits per heavy atom. The fraction of sp³-hybridized carbons (Fsp3) is 0.0667. The number of aromatic carboxylic acids is 1. The topological polar surface area (TPSA) is 80.9 Å². The lowest BCUT2D eigenvalue weighted by Gasteiger charge is -2.02. The Hall–Kier alpha value is -3.02. The van der Waals surface area contributed by atoms with Gasteiger partial charge in [-0.3, -0.25) is 0 Å². The predicted molar refractivity (Wildman–Crippen MR) is 76.3 cm³/mol. The molecule has 1 aromatic heterocycles. The quantitative estimate of drug-likeness (QED) is 0.796. The van der Waals surface area contributed by atoms with Crippen LogP contribution in [0.15, 0.2) is 48.5 Å². The molecular formula is C15H12N4O2. The average molecular weight is 280 g/mol. The van der Waals surface area contributed by atoms with Crippen molar-refractivity contribution in [1.29, 1.82) is 0 Å². The van der Waals surface area contributed by atoms with Crippen molar-refractivity contribution < 1.29 is 9.90 Å². The van der Waals surface area contributed by atoms with Gasteiger partial charge >= 0.3 is 5.97 Å². The minimum Gasteiger partial charge on any atom is -0.478 e. The molecule has 0 aliphatic heterocycles. The minimum atomic E-state index is -0.944. The molecule has 0 saturated heterocycles. The number of aryl methyl sites for hydroxylation is 1. The third-order valence-corrected chi connectivity index (χ3v) is 3.12. The van der Waals surface area contributed by atoms with Crippen LogP contribution in [0.2, 0.25) is 0 Å². The number of carbonyl (C=O) groups is 1. The van der Waals surface area contributed by atoms with Crippen LogP contribution in [0, 0.1) is 6.92 Å². The second kappa shape index (κ2) is 5.16. The molecule has 3 aromatic rings. The van der Waals surface area contributed by atoms with Crippen LogP contribution in [0.3, 0.4) is 0 Å². The zero-order valence-electron chi connectivity index (χ0n) is 11.3. The highest BCUT2D eigenvalue weighted by atomic mass is 16.4. The number of para-hydroxylation sites is 1. The summed E-state index contributed by atoms with van der Waals surface area (Å²) >= 11 is 0. The fourth-order valence-corrected chi connectivity index (χ4v) is 2.04. The van der Waals surface area contributed by atoms with Crippen LogP contribution >= 0.6 is 0 Å². The van der Waals surface area contributed by atoms with Crippen molar-refractivity contribution in [2.45, 2.75) is 6.92 Å². The van der Waals surface area contributed by atoms with Gasteiger partial charge in [-0.05, 0) is 42.0 Å². The van der Waals surface area contributed by atoms with E-state index in [0.29, 0.717) is 11.4 Å². The van der Waals surface area contributed by atoms with Gasteiger partial charge in [-0.2, -0.15) is 0 Å². The smallest absolute Gasteiger partial charge is 0.335 e. The maximum Gasteiger partial charge on any atom is 0.335 e. The van der Waals surface area contributed by atoms with Gasteiger partial charge in [0.2, 0.25) is 5.82 Å². The molecule has 0 amide bonds. The highest BCUT2D eigenvalue weighted by Gasteiger charge is 2.11. The third-order valence-electron chi connectivity index (χ3n) is 3.12. The van der Waals surface area contributed by atoms with E-state index < -0.39 is 5.97 Å². The fourth-order valence-electron chi connectivity index (χ4n) is 2.04. The number of hydrogen-bond acceptors (Lipinski definition) is 4. The third kappa shape index (κ3) is 2.51. The van der Waals surface area contributed by atoms with E-state index >= 15 is 0 Å². The van der Waals surface area contributed by atoms with E-state index in [1.165, 1.54) is 4.80 Å². The summed E-state index contributed by atoms with van der Waals surface area (Å²) in [4.78, 5) is 12.5. The highest BCUT2D eigenvalue weighted by molar-refractivity contribution is 5.90. The predicted octanol–water partition coefficient (Wildman–Crippen LogP) is 2.34. The second-order valence-corrected chi connectivity index (χ2v) is 4.57. The largest absolute Gasteiger partial charge is 0.478 e. The van der Waals surface area contributed by atoms with Gasteiger partial charge in [0.05, 0.1) is 11.3 Å². The van der Waals surface area contributed by atoms with Crippen LogP contribution in [0.25, 0.3) is 17.1 Å². The van der Waals surface area contributed by atoms with Crippen LogP contribution in [0.5, 0.6) is 0 Å². The van der Waals surface area contributed by atoms with Crippen molar-refractivity contribution in [2.24, 2.45) is 0 Å². The van der Waals surface area contributed by atoms with Crippen molar-refractivity contribution in [3.63, 3.8) is 0 Å². The molecule has 0 spiro atoms. The van der Waals surface area contributed by atoms with Gasteiger partial charge in [0.15, 0.2) is 0 Å². The molecule has 21 heavy (non-hydrogen) atoms. The van der Waals surface area contributed by atoms with E-state index in [0.717, 1.165) is 11.3 Å². The monoisotopic (exact) mass is 280 g/mol. The summed E-state index contributed by atoms with van der Waals surface area (Å²) in [6, 6.07) is 14.4. The van der Waals surface area contributed by atoms with E-state index in [2.05, 4.69) is 15.4 Å². The van der Waals surface area contributed by atoms with E-state index in [1.54, 1.807) is 25.1 Å². The van der Waals surface area contributed by atoms with Gasteiger partial charge in [0, 0.05) is 5.56 Å². The molecule has 0 saturated carbocycles. The summed E-state index contributed by atoms with van der Waals surface area (Å²) < 4.78 is 0. The van der Waals surface area contributed by atoms with Crippen LogP contribution in [0.4, 0.5) is 0 Å². The Balaban J connectivity index is 1.97. The van der Waals surface area contributed by atoms with Gasteiger partial charge < -0.3 is 5.11 Å². The molecule has 0 aliphatic rings. The first kappa shape index (κ1) is 13.0. The average Bonchev–Trinajstić information content (AvgIpc) is 2.97. The molecule has 0 atom stereocenters. The number of rotatable bonds is 3. The molecule has 6 nitrogen and oxygen atoms in total. The Morgan fingerprint density at radius 2 is 1.90 bits per heavy atom. The first-order chi connectivity index (χ1) is 10.1. The summed E-state index contributed by atoms with van der Waals surface area (Å²) in [7, 11) is 0. The summed E-state index contributed by atoms with van der Waals surface area (Å²) in [6.45, 7) is 1.74. The van der Waals surface area contributed by atoms with Crippen LogP contribution in [0.1, 0.15) is 15.9 Å². The summed E-state index contributed by atoms with van der Waals surface area (Å²) in [6.07, 6.45) is 0. The van der Waals surface area contributed by atoms with Gasteiger partial charge in [-0.25, -0.2) is 4.79 Å². The molecule has 2 aromatic carbocycles. The summed E-state index contributed by atoms with van der Waals surface area (Å²) in [5, 5.41) is 21.4. The van der Waals surface area contributed by atoms with Gasteiger partial charge in [0.1, 0.15) is 0 Å². The molecule has 1 heterocycles. The zero-order chi connectivity index (χ0) is 14.8. The molecule has 0 fully saturated rings. The normalized spacial score (nSPS) is 10.5. The molecule has 6 heteroatoms. The lowest BCUT2D eigenvalue weighted by Crippen LogP contribution is -2.00. The lowest BCUT2D eigenvalue weighted by atomic mass is 10.1. The Labute approximate surface area is 120 Å². The number of aromatic nitrogens is 4. The molecular weight excluding hydrogens is 268 g/mol. The Bertz CT molecular complexity index is 796. The number of benzene rings is 2. The summed E-state index contributed by atoms with van der Waals surface area (Å²) in [5.74, 6) is -0.487. The number of carboxylic acids is 1. The number of nitrogens with zero attached hydrogens (tertiary/aromatic N) is 4. The van der Waals surface area contributed by atoms with Crippen LogP contribution < -0.4 is 0 Å². The van der Waals surface area contributed by atoms with E-state index in [4.69, 9.17) is 5.11 Å². The number of carboxylic acid groups (broad SMARTS) is 1. The second-order valence-electron chi connectivity index (χ2n) is 4.57. The number of hydrogen-bond donors (Lipinski definition) is 1. The first-order valence-corrected chi connectivity index (χ1v) is 6.35. The van der Waals surface area contributed by atoms with E-state index in [-0.39, 0.29) is 5.56 Å². The lowest BCUT2D eigenvalue weighted by molar-refractivity contribution is 0.0696. The molecule has 0 bridgehead atoms. The van der Waals surface area contributed by atoms with Crippen molar-refractivity contribution in [3.05, 3.63) is 59.7 Å². The van der Waals surface area contributed by atoms with E-state index in [9.17, 15) is 4.79 Å². The molecule has 0 radical (unpaired) electrons. The Morgan fingerprint density at radius 3 is 2.57 bits per heavy atom. The highest BCUT2D eigenvalue weighted by Crippen LogP contribution is 2.19. The molecule has 0 unspecified atom stereocenters. The first-order valence-electron chi connectivity index (χ1n) is 6.35. The maximum atomic E-state index is 11.0. The van der Waals surface area contributed by atoms with Crippen LogP contribution in [-0.4, -0.2) is 31.3 Å². The van der Waals surface area contributed by atoms with Crippen LogP contribution in [-0.2, 0) is 0 Å². The Kier molecular flexibility index (Phi) is 3.19. The van der Waals surface area contributed by atoms with Crippen molar-refractivity contribution in [1.82, 2.24) is 20.2 Å². The zero-order valence-corrected chi connectivity index (χ0v) is 11.3. The van der Waals surface area contributed by atoms with Gasteiger partial charge in [-0.15, -0.1) is 15.0 Å².